The first-order valence-corrected chi connectivity index (χ1v) is 5.86. The molecule has 2 N–H and O–H groups in total. The number of alkyl halides is 3. The van der Waals surface area contributed by atoms with Crippen LogP contribution in [0.3, 0.4) is 0 Å². The lowest BCUT2D eigenvalue weighted by Crippen LogP contribution is -2.12. The third kappa shape index (κ3) is 4.06. The van der Waals surface area contributed by atoms with Crippen LogP contribution in [0.4, 0.5) is 19.0 Å². The topological polar surface area (TPSA) is 70.3 Å². The lowest BCUT2D eigenvalue weighted by Gasteiger charge is -2.10. The Morgan fingerprint density at radius 1 is 1.19 bits per heavy atom. The van der Waals surface area contributed by atoms with Gasteiger partial charge < -0.3 is 15.2 Å². The van der Waals surface area contributed by atoms with Gasteiger partial charge in [0.15, 0.2) is 0 Å². The van der Waals surface area contributed by atoms with Crippen LogP contribution < -0.4 is 10.5 Å². The van der Waals surface area contributed by atoms with Gasteiger partial charge in [0.25, 0.3) is 0 Å². The Bertz CT molecular complexity index is 632. The van der Waals surface area contributed by atoms with E-state index in [0.717, 1.165) is 11.6 Å². The van der Waals surface area contributed by atoms with E-state index in [4.69, 9.17) is 15.2 Å². The highest BCUT2D eigenvalue weighted by atomic mass is 19.4. The third-order valence-corrected chi connectivity index (χ3v) is 2.41. The highest BCUT2D eigenvalue weighted by Crippen LogP contribution is 2.29. The number of ether oxygens (including phenoxy) is 2. The number of nitrogens with two attached hydrogens (primary N) is 1. The maximum atomic E-state index is 12.6. The maximum Gasteiger partial charge on any atom is 0.451 e. The molecule has 1 aromatic carbocycles. The molecule has 0 amide bonds. The van der Waals surface area contributed by atoms with Crippen LogP contribution in [-0.4, -0.2) is 17.1 Å². The van der Waals surface area contributed by atoms with Crippen molar-refractivity contribution >= 4 is 5.82 Å². The largest absolute Gasteiger partial charge is 0.451 e. The molecule has 0 aliphatic carbocycles. The van der Waals surface area contributed by atoms with Crippen molar-refractivity contribution in [2.24, 2.45) is 0 Å². The van der Waals surface area contributed by atoms with E-state index in [9.17, 15) is 13.2 Å². The smallest absolute Gasteiger partial charge is 0.439 e. The van der Waals surface area contributed by atoms with Crippen molar-refractivity contribution in [1.82, 2.24) is 9.97 Å². The number of nitrogens with zero attached hydrogens (tertiary/aromatic N) is 2. The lowest BCUT2D eigenvalue weighted by atomic mass is 10.2. The van der Waals surface area contributed by atoms with Gasteiger partial charge in [0.1, 0.15) is 11.6 Å². The van der Waals surface area contributed by atoms with Gasteiger partial charge in [-0.05, 0) is 17.7 Å². The number of halogens is 3. The molecular formula is C13H12F3N3O2. The Morgan fingerprint density at radius 2 is 1.95 bits per heavy atom. The second-order valence-electron chi connectivity index (χ2n) is 4.13. The molecule has 0 radical (unpaired) electrons. The van der Waals surface area contributed by atoms with Crippen molar-refractivity contribution in [2.75, 3.05) is 12.8 Å². The zero-order chi connectivity index (χ0) is 15.5. The molecule has 0 unspecified atom stereocenters. The van der Waals surface area contributed by atoms with Crippen molar-refractivity contribution in [2.45, 2.75) is 12.8 Å². The van der Waals surface area contributed by atoms with Crippen LogP contribution >= 0.6 is 0 Å². The van der Waals surface area contributed by atoms with Gasteiger partial charge in [-0.15, -0.1) is 0 Å². The van der Waals surface area contributed by atoms with Crippen LogP contribution in [0.15, 0.2) is 30.3 Å². The molecule has 1 aromatic heterocycles. The zero-order valence-electron chi connectivity index (χ0n) is 11.0. The fourth-order valence-corrected chi connectivity index (χ4v) is 1.61. The van der Waals surface area contributed by atoms with Gasteiger partial charge in [-0.3, -0.25) is 0 Å². The van der Waals surface area contributed by atoms with Crippen LogP contribution in [0.1, 0.15) is 11.4 Å². The van der Waals surface area contributed by atoms with E-state index >= 15 is 0 Å². The van der Waals surface area contributed by atoms with E-state index in [1.165, 1.54) is 7.11 Å². The highest BCUT2D eigenvalue weighted by molar-refractivity contribution is 5.37. The van der Waals surface area contributed by atoms with Crippen LogP contribution in [-0.2, 0) is 17.5 Å². The van der Waals surface area contributed by atoms with Crippen molar-refractivity contribution in [3.63, 3.8) is 0 Å². The first-order chi connectivity index (χ1) is 9.88. The standard InChI is InChI=1S/C13H12F3N3O2/c1-20-7-8-3-2-4-9(5-8)21-11-6-10(17)18-12(19-11)13(14,15)16/h2-6H,7H2,1H3,(H2,17,18,19). The van der Waals surface area contributed by atoms with Crippen molar-refractivity contribution < 1.29 is 22.6 Å². The van der Waals surface area contributed by atoms with Gasteiger partial charge in [-0.1, -0.05) is 12.1 Å². The van der Waals surface area contributed by atoms with Crippen molar-refractivity contribution in [3.8, 4) is 11.6 Å². The lowest BCUT2D eigenvalue weighted by molar-refractivity contribution is -0.145. The fraction of sp³-hybridized carbons (Fsp3) is 0.231. The molecule has 8 heteroatoms. The fourth-order valence-electron chi connectivity index (χ4n) is 1.61. The number of aromatic nitrogens is 2. The first-order valence-electron chi connectivity index (χ1n) is 5.86. The van der Waals surface area contributed by atoms with Gasteiger partial charge in [-0.2, -0.15) is 18.2 Å². The summed E-state index contributed by atoms with van der Waals surface area (Å²) in [7, 11) is 1.54. The maximum absolute atomic E-state index is 12.6. The Kier molecular flexibility index (Phi) is 4.27. The van der Waals surface area contributed by atoms with Crippen LogP contribution in [0.5, 0.6) is 11.6 Å². The van der Waals surface area contributed by atoms with Crippen molar-refractivity contribution in [1.29, 1.82) is 0 Å². The summed E-state index contributed by atoms with van der Waals surface area (Å²) < 4.78 is 48.1. The van der Waals surface area contributed by atoms with Gasteiger partial charge >= 0.3 is 6.18 Å². The Balaban J connectivity index is 2.27. The number of anilines is 1. The summed E-state index contributed by atoms with van der Waals surface area (Å²) in [6.07, 6.45) is -4.69. The average molecular weight is 299 g/mol. The van der Waals surface area contributed by atoms with Crippen LogP contribution in [0.25, 0.3) is 0 Å². The Hall–Kier alpha value is -2.35. The predicted octanol–water partition coefficient (Wildman–Crippen LogP) is 3.02. The molecule has 0 bridgehead atoms. The number of rotatable bonds is 4. The molecule has 1 heterocycles. The first kappa shape index (κ1) is 15.0. The number of methoxy groups -OCH3 is 1. The molecule has 0 atom stereocenters. The van der Waals surface area contributed by atoms with Gasteiger partial charge in [0, 0.05) is 13.2 Å². The molecule has 2 aromatic rings. The zero-order valence-corrected chi connectivity index (χ0v) is 11.0. The SMILES string of the molecule is COCc1cccc(Oc2cc(N)nc(C(F)(F)F)n2)c1. The molecule has 0 aliphatic rings. The number of benzene rings is 1. The van der Waals surface area contributed by atoms with Gasteiger partial charge in [0.2, 0.25) is 11.7 Å². The summed E-state index contributed by atoms with van der Waals surface area (Å²) in [4.78, 5) is 6.44. The molecule has 0 spiro atoms. The predicted molar refractivity (Wildman–Crippen MR) is 68.7 cm³/mol. The van der Waals surface area contributed by atoms with Crippen LogP contribution in [0.2, 0.25) is 0 Å². The minimum absolute atomic E-state index is 0.274. The quantitative estimate of drug-likeness (QED) is 0.939. The summed E-state index contributed by atoms with van der Waals surface area (Å²) in [5, 5.41) is 0. The Morgan fingerprint density at radius 3 is 2.62 bits per heavy atom. The number of hydrogen-bond acceptors (Lipinski definition) is 5. The number of nitrogen functional groups attached to an aromatic ring is 1. The summed E-state index contributed by atoms with van der Waals surface area (Å²) in [5.41, 5.74) is 6.15. The van der Waals surface area contributed by atoms with Gasteiger partial charge in [-0.25, -0.2) is 4.98 Å². The molecule has 21 heavy (non-hydrogen) atoms. The minimum Gasteiger partial charge on any atom is -0.439 e. The number of hydrogen-bond donors (Lipinski definition) is 1. The van der Waals surface area contributed by atoms with E-state index < -0.39 is 12.0 Å². The monoisotopic (exact) mass is 299 g/mol. The third-order valence-electron chi connectivity index (χ3n) is 2.41. The molecule has 112 valence electrons. The second-order valence-corrected chi connectivity index (χ2v) is 4.13. The van der Waals surface area contributed by atoms with E-state index in [-0.39, 0.29) is 11.7 Å². The summed E-state index contributed by atoms with van der Waals surface area (Å²) in [6, 6.07) is 7.84. The highest BCUT2D eigenvalue weighted by Gasteiger charge is 2.35. The Labute approximate surface area is 118 Å². The molecule has 0 fully saturated rings. The molecular weight excluding hydrogens is 287 g/mol. The van der Waals surface area contributed by atoms with Gasteiger partial charge in [0.05, 0.1) is 6.61 Å². The summed E-state index contributed by atoms with van der Waals surface area (Å²) in [5.74, 6) is -1.61. The van der Waals surface area contributed by atoms with E-state index in [1.807, 2.05) is 0 Å². The van der Waals surface area contributed by atoms with E-state index in [1.54, 1.807) is 24.3 Å². The molecule has 2 rings (SSSR count). The summed E-state index contributed by atoms with van der Waals surface area (Å²) >= 11 is 0. The molecule has 0 saturated carbocycles. The molecule has 5 nitrogen and oxygen atoms in total. The second kappa shape index (κ2) is 5.96. The van der Waals surface area contributed by atoms with E-state index in [2.05, 4.69) is 9.97 Å². The average Bonchev–Trinajstić information content (AvgIpc) is 2.38. The molecule has 0 saturated heterocycles. The van der Waals surface area contributed by atoms with E-state index in [0.29, 0.717) is 12.4 Å². The van der Waals surface area contributed by atoms with Crippen molar-refractivity contribution in [3.05, 3.63) is 41.7 Å². The van der Waals surface area contributed by atoms with Crippen LogP contribution in [0, 0.1) is 0 Å². The minimum atomic E-state index is -4.69. The normalized spacial score (nSPS) is 11.4. The summed E-state index contributed by atoms with van der Waals surface area (Å²) in [6.45, 7) is 0.358. The molecule has 0 aliphatic heterocycles.